The van der Waals surface area contributed by atoms with Crippen LogP contribution < -0.4 is 4.74 Å². The van der Waals surface area contributed by atoms with Gasteiger partial charge in [0.05, 0.1) is 11.5 Å². The fraction of sp³-hybridized carbons (Fsp3) is 0.125. The van der Waals surface area contributed by atoms with Gasteiger partial charge >= 0.3 is 11.2 Å². The van der Waals surface area contributed by atoms with E-state index in [1.54, 1.807) is 0 Å². The number of alkyl halides is 4. The van der Waals surface area contributed by atoms with Gasteiger partial charge in [-0.25, -0.2) is 13.4 Å². The molecule has 2 aromatic rings. The van der Waals surface area contributed by atoms with Gasteiger partial charge in [0.15, 0.2) is 5.69 Å². The van der Waals surface area contributed by atoms with E-state index in [1.165, 1.54) is 6.07 Å². The maximum Gasteiger partial charge on any atom is 0.391 e. The summed E-state index contributed by atoms with van der Waals surface area (Å²) in [6, 6.07) is 5.69. The molecule has 0 aliphatic carbocycles. The average Bonchev–Trinajstić information content (AvgIpc) is 2.72. The molecule has 0 amide bonds. The van der Waals surface area contributed by atoms with Crippen molar-refractivity contribution in [2.45, 2.75) is 16.1 Å². The third-order valence-electron chi connectivity index (χ3n) is 3.57. The van der Waals surface area contributed by atoms with Gasteiger partial charge in [0.1, 0.15) is 39.7 Å². The third-order valence-corrected chi connectivity index (χ3v) is 5.08. The first-order chi connectivity index (χ1) is 12.1. The Bertz CT molecular complexity index is 1040. The first-order valence-corrected chi connectivity index (χ1v) is 7.89. The Morgan fingerprint density at radius 3 is 2.50 bits per heavy atom. The Hall–Kier alpha value is -2.98. The van der Waals surface area contributed by atoms with Crippen molar-refractivity contribution in [2.24, 2.45) is 0 Å². The van der Waals surface area contributed by atoms with E-state index in [1.807, 2.05) is 0 Å². The van der Waals surface area contributed by atoms with Crippen LogP contribution in [0, 0.1) is 23.7 Å². The van der Waals surface area contributed by atoms with Crippen molar-refractivity contribution in [3.05, 3.63) is 58.7 Å². The molecule has 1 unspecified atom stereocenters. The van der Waals surface area contributed by atoms with E-state index in [-0.39, 0.29) is 11.4 Å². The van der Waals surface area contributed by atoms with Gasteiger partial charge in [0.2, 0.25) is 0 Å². The number of fused-ring (bicyclic) bond motifs is 1. The van der Waals surface area contributed by atoms with Crippen molar-refractivity contribution in [1.82, 2.24) is 0 Å². The molecule has 4 nitrogen and oxygen atoms in total. The lowest BCUT2D eigenvalue weighted by Gasteiger charge is -2.16. The normalized spacial score (nSPS) is 19.3. The summed E-state index contributed by atoms with van der Waals surface area (Å²) in [5.74, 6) is -6.27. The molecular weight excluding hydrogens is 379 g/mol. The van der Waals surface area contributed by atoms with E-state index in [4.69, 9.17) is 11.3 Å². The molecule has 1 aliphatic heterocycles. The van der Waals surface area contributed by atoms with E-state index >= 15 is 0 Å². The van der Waals surface area contributed by atoms with Crippen LogP contribution in [0.1, 0.15) is 11.1 Å². The lowest BCUT2D eigenvalue weighted by molar-refractivity contribution is -0.156. The fourth-order valence-corrected chi connectivity index (χ4v) is 3.72. The van der Waals surface area contributed by atoms with Crippen LogP contribution in [0.5, 0.6) is 11.5 Å². The average molecular weight is 384 g/mol. The Balaban J connectivity index is 2.16. The van der Waals surface area contributed by atoms with Crippen LogP contribution in [0.4, 0.5) is 27.6 Å². The third kappa shape index (κ3) is 2.42. The number of benzene rings is 2. The molecule has 1 aliphatic rings. The standard InChI is InChI=1S/C16H5F5N2O2S/c1-23-9-4-8(17)5-10(6-9)25-13-3-2-12-14(11(13)7-22)26(24)16(20,21)15(12,18)19/h2-6H. The molecular formula is C16H5F5N2O2S. The van der Waals surface area contributed by atoms with Crippen molar-refractivity contribution in [3.8, 4) is 17.6 Å². The van der Waals surface area contributed by atoms with E-state index in [0.717, 1.165) is 24.3 Å². The van der Waals surface area contributed by atoms with Gasteiger partial charge < -0.3 is 4.74 Å². The second-order valence-corrected chi connectivity index (χ2v) is 6.60. The minimum absolute atomic E-state index is 0.138. The molecule has 0 radical (unpaired) electrons. The van der Waals surface area contributed by atoms with Gasteiger partial charge in [-0.2, -0.15) is 22.8 Å². The number of nitrogens with zero attached hydrogens (tertiary/aromatic N) is 2. The number of rotatable bonds is 2. The summed E-state index contributed by atoms with van der Waals surface area (Å²) in [7, 11) is -3.48. The summed E-state index contributed by atoms with van der Waals surface area (Å²) >= 11 is 0. The minimum Gasteiger partial charge on any atom is -0.457 e. The van der Waals surface area contributed by atoms with Gasteiger partial charge in [-0.1, -0.05) is 0 Å². The molecule has 0 saturated carbocycles. The van der Waals surface area contributed by atoms with Crippen LogP contribution in [-0.2, 0) is 16.7 Å². The first-order valence-electron chi connectivity index (χ1n) is 6.74. The number of hydrogen-bond acceptors (Lipinski definition) is 3. The summed E-state index contributed by atoms with van der Waals surface area (Å²) in [5.41, 5.74) is -2.14. The molecule has 0 spiro atoms. The molecule has 0 saturated heterocycles. The van der Waals surface area contributed by atoms with E-state index in [2.05, 4.69) is 4.85 Å². The SMILES string of the molecule is [C-]#[N+]c1cc(F)cc(Oc2ccc3c(c2C#N)S(=O)C(F)(F)C3(F)F)c1. The Labute approximate surface area is 145 Å². The highest BCUT2D eigenvalue weighted by Crippen LogP contribution is 2.56. The number of hydrogen-bond donors (Lipinski definition) is 0. The van der Waals surface area contributed by atoms with Gasteiger partial charge in [0, 0.05) is 11.6 Å². The van der Waals surface area contributed by atoms with Crippen LogP contribution in [0.3, 0.4) is 0 Å². The monoisotopic (exact) mass is 384 g/mol. The number of nitriles is 1. The highest BCUT2D eigenvalue weighted by Gasteiger charge is 2.69. The molecule has 132 valence electrons. The zero-order chi connectivity index (χ0) is 19.3. The first kappa shape index (κ1) is 17.8. The molecule has 2 aromatic carbocycles. The summed E-state index contributed by atoms with van der Waals surface area (Å²) < 4.78 is 85.4. The molecule has 26 heavy (non-hydrogen) atoms. The molecule has 3 rings (SSSR count). The summed E-state index contributed by atoms with van der Waals surface area (Å²) in [4.78, 5) is 1.98. The summed E-state index contributed by atoms with van der Waals surface area (Å²) in [5, 5.41) is 4.32. The highest BCUT2D eigenvalue weighted by molar-refractivity contribution is 7.86. The van der Waals surface area contributed by atoms with E-state index < -0.39 is 49.6 Å². The van der Waals surface area contributed by atoms with Gasteiger partial charge in [-0.15, -0.1) is 0 Å². The van der Waals surface area contributed by atoms with Gasteiger partial charge in [-0.3, -0.25) is 0 Å². The quantitative estimate of drug-likeness (QED) is 0.550. The molecule has 0 fully saturated rings. The summed E-state index contributed by atoms with van der Waals surface area (Å²) in [6.45, 7) is 6.85. The molecule has 0 N–H and O–H groups in total. The predicted molar refractivity (Wildman–Crippen MR) is 79.1 cm³/mol. The minimum atomic E-state index is -4.88. The fourth-order valence-electron chi connectivity index (χ4n) is 2.40. The van der Waals surface area contributed by atoms with Crippen molar-refractivity contribution in [3.63, 3.8) is 0 Å². The number of ether oxygens (including phenoxy) is 1. The van der Waals surface area contributed by atoms with Crippen LogP contribution in [-0.4, -0.2) is 9.46 Å². The number of halogens is 5. The molecule has 1 atom stereocenters. The Kier molecular flexibility index (Phi) is 3.97. The maximum atomic E-state index is 13.8. The van der Waals surface area contributed by atoms with Crippen LogP contribution in [0.2, 0.25) is 0 Å². The zero-order valence-electron chi connectivity index (χ0n) is 12.4. The maximum absolute atomic E-state index is 13.8. The van der Waals surface area contributed by atoms with Crippen LogP contribution >= 0.6 is 0 Å². The van der Waals surface area contributed by atoms with Crippen LogP contribution in [0.15, 0.2) is 35.2 Å². The van der Waals surface area contributed by atoms with E-state index in [0.29, 0.717) is 6.07 Å². The molecule has 1 heterocycles. The molecule has 10 heteroatoms. The van der Waals surface area contributed by atoms with Crippen molar-refractivity contribution >= 4 is 16.5 Å². The second kappa shape index (κ2) is 5.78. The molecule has 0 aromatic heterocycles. The lowest BCUT2D eigenvalue weighted by atomic mass is 10.0. The summed E-state index contributed by atoms with van der Waals surface area (Å²) in [6.07, 6.45) is 0. The lowest BCUT2D eigenvalue weighted by Crippen LogP contribution is -2.35. The predicted octanol–water partition coefficient (Wildman–Crippen LogP) is 4.85. The van der Waals surface area contributed by atoms with Crippen LogP contribution in [0.25, 0.3) is 4.85 Å². The van der Waals surface area contributed by atoms with Crippen molar-refractivity contribution in [1.29, 1.82) is 5.26 Å². The smallest absolute Gasteiger partial charge is 0.391 e. The Morgan fingerprint density at radius 2 is 1.88 bits per heavy atom. The highest BCUT2D eigenvalue weighted by atomic mass is 32.2. The topological polar surface area (TPSA) is 54.4 Å². The van der Waals surface area contributed by atoms with Gasteiger partial charge in [0.25, 0.3) is 0 Å². The van der Waals surface area contributed by atoms with E-state index in [9.17, 15) is 31.4 Å². The second-order valence-electron chi connectivity index (χ2n) is 5.15. The largest absolute Gasteiger partial charge is 0.457 e. The van der Waals surface area contributed by atoms with Crippen molar-refractivity contribution in [2.75, 3.05) is 0 Å². The van der Waals surface area contributed by atoms with Crippen molar-refractivity contribution < 1.29 is 30.9 Å². The zero-order valence-corrected chi connectivity index (χ0v) is 13.2. The molecule has 0 bridgehead atoms. The Morgan fingerprint density at radius 1 is 1.19 bits per heavy atom. The van der Waals surface area contributed by atoms with Gasteiger partial charge in [-0.05, 0) is 24.3 Å².